The normalized spacial score (nSPS) is 18.8. The van der Waals surface area contributed by atoms with Crippen molar-refractivity contribution in [2.75, 3.05) is 20.3 Å². The fourth-order valence-corrected chi connectivity index (χ4v) is 3.19. The maximum atomic E-state index is 5.37. The van der Waals surface area contributed by atoms with Gasteiger partial charge in [0.05, 0.1) is 25.4 Å². The minimum absolute atomic E-state index is 0.474. The van der Waals surface area contributed by atoms with Gasteiger partial charge in [0.1, 0.15) is 0 Å². The van der Waals surface area contributed by atoms with Crippen LogP contribution in [0.25, 0.3) is 0 Å². The summed E-state index contributed by atoms with van der Waals surface area (Å²) in [6.07, 6.45) is 3.08. The van der Waals surface area contributed by atoms with Gasteiger partial charge < -0.3 is 9.26 Å². The van der Waals surface area contributed by atoms with Crippen LogP contribution in [0.3, 0.4) is 0 Å². The summed E-state index contributed by atoms with van der Waals surface area (Å²) in [5.41, 5.74) is 2.29. The number of rotatable bonds is 7. The zero-order valence-corrected chi connectivity index (χ0v) is 14.2. The van der Waals surface area contributed by atoms with Crippen molar-refractivity contribution in [3.05, 3.63) is 29.2 Å². The highest BCUT2D eigenvalue weighted by molar-refractivity contribution is 5.07. The second-order valence-corrected chi connectivity index (χ2v) is 6.22. The molecule has 1 saturated heterocycles. The van der Waals surface area contributed by atoms with Gasteiger partial charge in [0.15, 0.2) is 5.82 Å². The molecule has 2 aromatic rings. The van der Waals surface area contributed by atoms with Crippen molar-refractivity contribution in [2.24, 2.45) is 0 Å². The van der Waals surface area contributed by atoms with Gasteiger partial charge in [-0.25, -0.2) is 0 Å². The summed E-state index contributed by atoms with van der Waals surface area (Å²) >= 11 is 0. The molecular weight excluding hydrogens is 294 g/mol. The number of hydrogen-bond donors (Lipinski definition) is 0. The molecule has 1 aliphatic heterocycles. The summed E-state index contributed by atoms with van der Waals surface area (Å²) < 4.78 is 12.5. The van der Waals surface area contributed by atoms with Crippen LogP contribution in [-0.2, 0) is 24.2 Å². The molecule has 1 aliphatic rings. The van der Waals surface area contributed by atoms with E-state index in [4.69, 9.17) is 9.26 Å². The molecule has 1 atom stereocenters. The third-order valence-corrected chi connectivity index (χ3v) is 4.36. The minimum Gasteiger partial charge on any atom is -0.384 e. The lowest BCUT2D eigenvalue weighted by Crippen LogP contribution is -2.33. The van der Waals surface area contributed by atoms with E-state index in [1.54, 1.807) is 7.11 Å². The second-order valence-electron chi connectivity index (χ2n) is 6.22. The first-order valence-corrected chi connectivity index (χ1v) is 8.21. The Morgan fingerprint density at radius 2 is 2.26 bits per heavy atom. The number of nitrogens with zero attached hydrogens (tertiary/aromatic N) is 5. The topological polar surface area (TPSA) is 69.2 Å². The summed E-state index contributed by atoms with van der Waals surface area (Å²) in [4.78, 5) is 6.87. The van der Waals surface area contributed by atoms with Crippen molar-refractivity contribution >= 4 is 0 Å². The SMILES string of the molecule is COCCc1noc(CN2CCC[C@@H]2Cn2nc(C)cc2C)n1. The van der Waals surface area contributed by atoms with Crippen LogP contribution in [0.15, 0.2) is 10.6 Å². The smallest absolute Gasteiger partial charge is 0.240 e. The van der Waals surface area contributed by atoms with Gasteiger partial charge in [0, 0.05) is 25.3 Å². The molecular formula is C16H25N5O2. The first-order valence-electron chi connectivity index (χ1n) is 8.21. The van der Waals surface area contributed by atoms with E-state index in [0.717, 1.165) is 24.6 Å². The van der Waals surface area contributed by atoms with Crippen molar-refractivity contribution in [1.82, 2.24) is 24.8 Å². The Balaban J connectivity index is 1.60. The van der Waals surface area contributed by atoms with Crippen LogP contribution in [0.2, 0.25) is 0 Å². The predicted octanol–water partition coefficient (Wildman–Crippen LogP) is 1.74. The highest BCUT2D eigenvalue weighted by atomic mass is 16.5. The molecule has 0 unspecified atom stereocenters. The molecule has 2 aromatic heterocycles. The molecule has 126 valence electrons. The molecule has 0 radical (unpaired) electrons. The maximum Gasteiger partial charge on any atom is 0.240 e. The summed E-state index contributed by atoms with van der Waals surface area (Å²) in [7, 11) is 1.68. The molecule has 0 bridgehead atoms. The van der Waals surface area contributed by atoms with E-state index in [9.17, 15) is 0 Å². The first kappa shape index (κ1) is 16.1. The Morgan fingerprint density at radius 1 is 1.39 bits per heavy atom. The number of aryl methyl sites for hydroxylation is 2. The molecule has 7 heteroatoms. The molecule has 0 aromatic carbocycles. The van der Waals surface area contributed by atoms with Crippen LogP contribution in [0.4, 0.5) is 0 Å². The Hall–Kier alpha value is -1.73. The van der Waals surface area contributed by atoms with E-state index >= 15 is 0 Å². The second kappa shape index (κ2) is 7.23. The van der Waals surface area contributed by atoms with Crippen molar-refractivity contribution in [3.8, 4) is 0 Å². The van der Waals surface area contributed by atoms with E-state index in [-0.39, 0.29) is 0 Å². The average Bonchev–Trinajstić information content (AvgIpc) is 3.21. The zero-order valence-electron chi connectivity index (χ0n) is 14.2. The van der Waals surface area contributed by atoms with Crippen LogP contribution >= 0.6 is 0 Å². The van der Waals surface area contributed by atoms with Gasteiger partial charge in [-0.3, -0.25) is 9.58 Å². The van der Waals surface area contributed by atoms with Gasteiger partial charge >= 0.3 is 0 Å². The molecule has 0 amide bonds. The van der Waals surface area contributed by atoms with Crippen molar-refractivity contribution < 1.29 is 9.26 Å². The fraction of sp³-hybridized carbons (Fsp3) is 0.688. The molecule has 0 aliphatic carbocycles. The third kappa shape index (κ3) is 3.97. The quantitative estimate of drug-likeness (QED) is 0.774. The molecule has 3 heterocycles. The van der Waals surface area contributed by atoms with Gasteiger partial charge in [-0.1, -0.05) is 5.16 Å². The number of likely N-dealkylation sites (tertiary alicyclic amines) is 1. The van der Waals surface area contributed by atoms with Crippen molar-refractivity contribution in [3.63, 3.8) is 0 Å². The summed E-state index contributed by atoms with van der Waals surface area (Å²) in [5.74, 6) is 1.41. The lowest BCUT2D eigenvalue weighted by molar-refractivity contribution is 0.190. The number of hydrogen-bond acceptors (Lipinski definition) is 6. The predicted molar refractivity (Wildman–Crippen MR) is 85.0 cm³/mol. The molecule has 23 heavy (non-hydrogen) atoms. The van der Waals surface area contributed by atoms with E-state index in [1.807, 2.05) is 6.92 Å². The lowest BCUT2D eigenvalue weighted by atomic mass is 10.2. The largest absolute Gasteiger partial charge is 0.384 e. The number of methoxy groups -OCH3 is 1. The summed E-state index contributed by atoms with van der Waals surface area (Å²) in [6.45, 7) is 7.46. The van der Waals surface area contributed by atoms with E-state index in [2.05, 4.69) is 37.8 Å². The Kier molecular flexibility index (Phi) is 5.07. The van der Waals surface area contributed by atoms with E-state index in [1.165, 1.54) is 18.5 Å². The molecule has 1 fully saturated rings. The Bertz CT molecular complexity index is 636. The van der Waals surface area contributed by atoms with Crippen LogP contribution in [-0.4, -0.2) is 51.1 Å². The van der Waals surface area contributed by atoms with Gasteiger partial charge in [-0.15, -0.1) is 0 Å². The zero-order chi connectivity index (χ0) is 16.2. The highest BCUT2D eigenvalue weighted by Crippen LogP contribution is 2.21. The molecule has 0 spiro atoms. The van der Waals surface area contributed by atoms with Crippen LogP contribution in [0, 0.1) is 13.8 Å². The van der Waals surface area contributed by atoms with Crippen LogP contribution in [0.5, 0.6) is 0 Å². The molecule has 0 N–H and O–H groups in total. The van der Waals surface area contributed by atoms with Gasteiger partial charge in [-0.05, 0) is 39.3 Å². The molecule has 7 nitrogen and oxygen atoms in total. The van der Waals surface area contributed by atoms with Crippen molar-refractivity contribution in [1.29, 1.82) is 0 Å². The Labute approximate surface area is 136 Å². The average molecular weight is 319 g/mol. The number of ether oxygens (including phenoxy) is 1. The highest BCUT2D eigenvalue weighted by Gasteiger charge is 2.27. The summed E-state index contributed by atoms with van der Waals surface area (Å²) in [5, 5.41) is 8.59. The minimum atomic E-state index is 0.474. The van der Waals surface area contributed by atoms with E-state index in [0.29, 0.717) is 31.5 Å². The van der Waals surface area contributed by atoms with Gasteiger partial charge in [0.2, 0.25) is 5.89 Å². The monoisotopic (exact) mass is 319 g/mol. The lowest BCUT2D eigenvalue weighted by Gasteiger charge is -2.23. The van der Waals surface area contributed by atoms with Crippen molar-refractivity contribution in [2.45, 2.75) is 52.2 Å². The van der Waals surface area contributed by atoms with E-state index < -0.39 is 0 Å². The first-order chi connectivity index (χ1) is 11.2. The number of aromatic nitrogens is 4. The standard InChI is InChI=1S/C16H25N5O2/c1-12-9-13(2)21(18-12)10-14-5-4-7-20(14)11-16-17-15(19-23-16)6-8-22-3/h9,14H,4-8,10-11H2,1-3H3/t14-/m1/s1. The Morgan fingerprint density at radius 3 is 3.00 bits per heavy atom. The fourth-order valence-electron chi connectivity index (χ4n) is 3.19. The third-order valence-electron chi connectivity index (χ3n) is 4.36. The summed E-state index contributed by atoms with van der Waals surface area (Å²) in [6, 6.07) is 2.60. The van der Waals surface area contributed by atoms with Gasteiger partial charge in [0.25, 0.3) is 0 Å². The van der Waals surface area contributed by atoms with Crippen LogP contribution < -0.4 is 0 Å². The molecule has 3 rings (SSSR count). The van der Waals surface area contributed by atoms with Gasteiger partial charge in [-0.2, -0.15) is 10.1 Å². The van der Waals surface area contributed by atoms with Crippen LogP contribution in [0.1, 0.15) is 35.9 Å². The molecule has 0 saturated carbocycles. The maximum absolute atomic E-state index is 5.37.